The predicted octanol–water partition coefficient (Wildman–Crippen LogP) is 1.93. The van der Waals surface area contributed by atoms with Gasteiger partial charge in [-0.2, -0.15) is 0 Å². The Labute approximate surface area is 81.7 Å². The standard InChI is InChI=1S/C9H12N2OS/c1-13-8-4-9(10)11-5-7(8)12-6-2-3-6/h4-6H,2-3H2,1H3,(H2,10,11). The van der Waals surface area contributed by atoms with Crippen molar-refractivity contribution in [2.45, 2.75) is 23.8 Å². The third-order valence-electron chi connectivity index (χ3n) is 1.89. The van der Waals surface area contributed by atoms with E-state index in [-0.39, 0.29) is 0 Å². The van der Waals surface area contributed by atoms with Crippen LogP contribution in [0, 0.1) is 0 Å². The molecule has 0 saturated heterocycles. The van der Waals surface area contributed by atoms with E-state index < -0.39 is 0 Å². The summed E-state index contributed by atoms with van der Waals surface area (Å²) in [7, 11) is 0. The molecule has 1 aliphatic carbocycles. The molecule has 1 heterocycles. The maximum absolute atomic E-state index is 5.66. The number of ether oxygens (including phenoxy) is 1. The third kappa shape index (κ3) is 2.06. The molecule has 70 valence electrons. The zero-order chi connectivity index (χ0) is 9.26. The molecule has 2 N–H and O–H groups in total. The van der Waals surface area contributed by atoms with Crippen molar-refractivity contribution in [1.29, 1.82) is 0 Å². The summed E-state index contributed by atoms with van der Waals surface area (Å²) in [5.41, 5.74) is 5.57. The van der Waals surface area contributed by atoms with Crippen LogP contribution in [0.25, 0.3) is 0 Å². The molecule has 0 aliphatic heterocycles. The minimum Gasteiger partial charge on any atom is -0.488 e. The lowest BCUT2D eigenvalue weighted by atomic mass is 10.4. The molecule has 0 radical (unpaired) electrons. The summed E-state index contributed by atoms with van der Waals surface area (Å²) in [5, 5.41) is 0. The topological polar surface area (TPSA) is 48.1 Å². The van der Waals surface area contributed by atoms with Gasteiger partial charge in [0.1, 0.15) is 5.82 Å². The van der Waals surface area contributed by atoms with Gasteiger partial charge in [0, 0.05) is 0 Å². The largest absolute Gasteiger partial charge is 0.488 e. The summed E-state index contributed by atoms with van der Waals surface area (Å²) in [6, 6.07) is 1.85. The highest BCUT2D eigenvalue weighted by Gasteiger charge is 2.24. The van der Waals surface area contributed by atoms with Crippen LogP contribution in [-0.4, -0.2) is 17.3 Å². The molecule has 13 heavy (non-hydrogen) atoms. The Morgan fingerprint density at radius 3 is 3.00 bits per heavy atom. The van der Waals surface area contributed by atoms with Crippen LogP contribution in [0.3, 0.4) is 0 Å². The maximum atomic E-state index is 5.66. The lowest BCUT2D eigenvalue weighted by Crippen LogP contribution is -1.99. The minimum absolute atomic E-state index is 0.413. The van der Waals surface area contributed by atoms with Crippen LogP contribution in [-0.2, 0) is 0 Å². The number of thioether (sulfide) groups is 1. The molecule has 4 heteroatoms. The van der Waals surface area contributed by atoms with Gasteiger partial charge in [0.15, 0.2) is 5.75 Å². The quantitative estimate of drug-likeness (QED) is 0.750. The van der Waals surface area contributed by atoms with Crippen molar-refractivity contribution in [3.8, 4) is 5.75 Å². The second-order valence-corrected chi connectivity index (χ2v) is 3.93. The first-order valence-electron chi connectivity index (χ1n) is 4.26. The minimum atomic E-state index is 0.413. The summed E-state index contributed by atoms with van der Waals surface area (Å²) in [4.78, 5) is 5.08. The van der Waals surface area contributed by atoms with Crippen molar-refractivity contribution >= 4 is 17.6 Å². The highest BCUT2D eigenvalue weighted by Crippen LogP contribution is 2.33. The van der Waals surface area contributed by atoms with E-state index in [9.17, 15) is 0 Å². The monoisotopic (exact) mass is 196 g/mol. The second kappa shape index (κ2) is 3.46. The highest BCUT2D eigenvalue weighted by molar-refractivity contribution is 7.98. The van der Waals surface area contributed by atoms with Crippen molar-refractivity contribution in [2.24, 2.45) is 0 Å². The van der Waals surface area contributed by atoms with Gasteiger partial charge in [0.2, 0.25) is 0 Å². The highest BCUT2D eigenvalue weighted by atomic mass is 32.2. The van der Waals surface area contributed by atoms with Gasteiger partial charge >= 0.3 is 0 Å². The van der Waals surface area contributed by atoms with Crippen LogP contribution in [0.15, 0.2) is 17.2 Å². The van der Waals surface area contributed by atoms with Crippen LogP contribution >= 0.6 is 11.8 Å². The van der Waals surface area contributed by atoms with Crippen LogP contribution in [0.2, 0.25) is 0 Å². The van der Waals surface area contributed by atoms with Crippen LogP contribution in [0.1, 0.15) is 12.8 Å². The number of rotatable bonds is 3. The summed E-state index contributed by atoms with van der Waals surface area (Å²) in [6.45, 7) is 0. The molecule has 1 aliphatic rings. The average Bonchev–Trinajstić information content (AvgIpc) is 2.92. The molecule has 0 unspecified atom stereocenters. The number of hydrogen-bond acceptors (Lipinski definition) is 4. The molecule has 1 saturated carbocycles. The summed E-state index contributed by atoms with van der Waals surface area (Å²) in [5.74, 6) is 1.41. The van der Waals surface area contributed by atoms with Crippen molar-refractivity contribution < 1.29 is 4.74 Å². The number of aromatic nitrogens is 1. The van der Waals surface area contributed by atoms with Crippen molar-refractivity contribution in [3.05, 3.63) is 12.3 Å². The fourth-order valence-electron chi connectivity index (χ4n) is 1.05. The molecule has 2 rings (SSSR count). The van der Waals surface area contributed by atoms with Gasteiger partial charge in [-0.05, 0) is 25.2 Å². The van der Waals surface area contributed by atoms with Crippen LogP contribution in [0.4, 0.5) is 5.82 Å². The molecular weight excluding hydrogens is 184 g/mol. The summed E-state index contributed by atoms with van der Waals surface area (Å²) < 4.78 is 5.66. The molecule has 1 fully saturated rings. The van der Waals surface area contributed by atoms with E-state index in [1.54, 1.807) is 18.0 Å². The average molecular weight is 196 g/mol. The van der Waals surface area contributed by atoms with Crippen molar-refractivity contribution in [3.63, 3.8) is 0 Å². The fourth-order valence-corrected chi connectivity index (χ4v) is 1.59. The lowest BCUT2D eigenvalue weighted by molar-refractivity contribution is 0.295. The first-order valence-corrected chi connectivity index (χ1v) is 5.48. The molecule has 1 aromatic rings. The number of nitrogen functional groups attached to an aromatic ring is 1. The molecule has 3 nitrogen and oxygen atoms in total. The maximum Gasteiger partial charge on any atom is 0.151 e. The van der Waals surface area contributed by atoms with Gasteiger partial charge < -0.3 is 10.5 Å². The van der Waals surface area contributed by atoms with Gasteiger partial charge in [-0.1, -0.05) is 0 Å². The van der Waals surface area contributed by atoms with Crippen LogP contribution in [0.5, 0.6) is 5.75 Å². The molecule has 0 spiro atoms. The second-order valence-electron chi connectivity index (χ2n) is 3.08. The molecule has 0 atom stereocenters. The van der Waals surface area contributed by atoms with E-state index in [0.29, 0.717) is 11.9 Å². The Hall–Kier alpha value is -0.900. The molecule has 0 bridgehead atoms. The van der Waals surface area contributed by atoms with E-state index in [2.05, 4.69) is 4.98 Å². The number of anilines is 1. The zero-order valence-corrected chi connectivity index (χ0v) is 8.30. The van der Waals surface area contributed by atoms with Crippen molar-refractivity contribution in [2.75, 3.05) is 12.0 Å². The smallest absolute Gasteiger partial charge is 0.151 e. The van der Waals surface area contributed by atoms with Gasteiger partial charge in [0.25, 0.3) is 0 Å². The first kappa shape index (κ1) is 8.69. The number of pyridine rings is 1. The fraction of sp³-hybridized carbons (Fsp3) is 0.444. The zero-order valence-electron chi connectivity index (χ0n) is 7.49. The Balaban J connectivity index is 2.21. The van der Waals surface area contributed by atoms with Gasteiger partial charge in [-0.25, -0.2) is 4.98 Å². The lowest BCUT2D eigenvalue weighted by Gasteiger charge is -2.08. The third-order valence-corrected chi connectivity index (χ3v) is 2.65. The molecule has 0 aromatic carbocycles. The first-order chi connectivity index (χ1) is 6.29. The van der Waals surface area contributed by atoms with Gasteiger partial charge in [-0.3, -0.25) is 0 Å². The molecule has 1 aromatic heterocycles. The normalized spacial score (nSPS) is 15.8. The van der Waals surface area contributed by atoms with Gasteiger partial charge in [0.05, 0.1) is 17.2 Å². The van der Waals surface area contributed by atoms with E-state index in [1.165, 1.54) is 0 Å². The van der Waals surface area contributed by atoms with E-state index >= 15 is 0 Å². The van der Waals surface area contributed by atoms with E-state index in [0.717, 1.165) is 23.5 Å². The SMILES string of the molecule is CSc1cc(N)ncc1OC1CC1. The van der Waals surface area contributed by atoms with Gasteiger partial charge in [-0.15, -0.1) is 11.8 Å². The summed E-state index contributed by atoms with van der Waals surface area (Å²) >= 11 is 1.63. The molecule has 0 amide bonds. The summed E-state index contributed by atoms with van der Waals surface area (Å²) in [6.07, 6.45) is 6.46. The number of hydrogen-bond donors (Lipinski definition) is 1. The Kier molecular flexibility index (Phi) is 2.31. The Morgan fingerprint density at radius 2 is 2.38 bits per heavy atom. The number of nitrogens with zero attached hydrogens (tertiary/aromatic N) is 1. The van der Waals surface area contributed by atoms with Crippen molar-refractivity contribution in [1.82, 2.24) is 4.98 Å². The Bertz CT molecular complexity index is 312. The van der Waals surface area contributed by atoms with Crippen LogP contribution < -0.4 is 10.5 Å². The number of nitrogens with two attached hydrogens (primary N) is 1. The predicted molar refractivity (Wildman–Crippen MR) is 54.1 cm³/mol. The van der Waals surface area contributed by atoms with E-state index in [1.807, 2.05) is 12.3 Å². The molecular formula is C9H12N2OS. The van der Waals surface area contributed by atoms with E-state index in [4.69, 9.17) is 10.5 Å². The Morgan fingerprint density at radius 1 is 1.62 bits per heavy atom.